The molecule has 0 aliphatic heterocycles. The van der Waals surface area contributed by atoms with Crippen molar-refractivity contribution in [3.63, 3.8) is 0 Å². The van der Waals surface area contributed by atoms with Crippen molar-refractivity contribution in [3.05, 3.63) is 93.5 Å². The summed E-state index contributed by atoms with van der Waals surface area (Å²) in [7, 11) is 1.23. The molecule has 7 heteroatoms. The number of fused-ring (bicyclic) bond motifs is 3. The Balaban J connectivity index is 1.94. The largest absolute Gasteiger partial charge is 0.479 e. The van der Waals surface area contributed by atoms with Crippen molar-refractivity contribution in [2.24, 2.45) is 0 Å². The highest BCUT2D eigenvalue weighted by atomic mass is 35.5. The number of hydrogen-bond donors (Lipinski definition) is 1. The molecule has 0 heterocycles. The van der Waals surface area contributed by atoms with Crippen molar-refractivity contribution in [1.29, 1.82) is 0 Å². The minimum atomic E-state index is -1.34. The molecular formula is C23H17Cl2NO4. The van der Waals surface area contributed by atoms with Gasteiger partial charge in [-0.15, -0.1) is 0 Å². The van der Waals surface area contributed by atoms with Crippen LogP contribution in [0.15, 0.2) is 66.7 Å². The maximum atomic E-state index is 13.0. The highest BCUT2D eigenvalue weighted by molar-refractivity contribution is 6.42. The first-order valence-electron chi connectivity index (χ1n) is 9.16. The first-order chi connectivity index (χ1) is 14.4. The van der Waals surface area contributed by atoms with Gasteiger partial charge >= 0.3 is 12.1 Å². The van der Waals surface area contributed by atoms with E-state index < -0.39 is 24.1 Å². The predicted octanol–water partition coefficient (Wildman–Crippen LogP) is 5.96. The number of aliphatic carboxylic acids is 1. The van der Waals surface area contributed by atoms with Crippen LogP contribution in [0.1, 0.15) is 28.8 Å². The zero-order valence-corrected chi connectivity index (χ0v) is 17.4. The molecule has 1 aliphatic carbocycles. The van der Waals surface area contributed by atoms with Gasteiger partial charge in [-0.1, -0.05) is 77.8 Å². The van der Waals surface area contributed by atoms with Gasteiger partial charge in [0.05, 0.1) is 23.2 Å². The third kappa shape index (κ3) is 3.30. The SMILES string of the molecule is COC(=O)N(C1c2ccccc2-c2ccccc21)[C@@H](C(=O)O)c1ccc(Cl)c(Cl)c1. The maximum absolute atomic E-state index is 13.0. The first-order valence-corrected chi connectivity index (χ1v) is 9.92. The average molecular weight is 442 g/mol. The van der Waals surface area contributed by atoms with E-state index in [1.54, 1.807) is 6.07 Å². The Hall–Kier alpha value is -3.02. The molecule has 0 saturated carbocycles. The van der Waals surface area contributed by atoms with Gasteiger partial charge in [0.15, 0.2) is 6.04 Å². The molecule has 1 N–H and O–H groups in total. The highest BCUT2D eigenvalue weighted by Gasteiger charge is 2.43. The smallest absolute Gasteiger partial charge is 0.411 e. The second kappa shape index (κ2) is 8.01. The zero-order valence-electron chi connectivity index (χ0n) is 15.9. The van der Waals surface area contributed by atoms with Crippen LogP contribution in [-0.4, -0.2) is 29.2 Å². The molecule has 0 saturated heterocycles. The molecule has 0 aromatic heterocycles. The molecule has 0 spiro atoms. The van der Waals surface area contributed by atoms with Gasteiger partial charge in [0, 0.05) is 0 Å². The van der Waals surface area contributed by atoms with Gasteiger partial charge in [-0.3, -0.25) is 4.90 Å². The minimum Gasteiger partial charge on any atom is -0.479 e. The summed E-state index contributed by atoms with van der Waals surface area (Å²) in [4.78, 5) is 26.6. The number of carbonyl (C=O) groups excluding carboxylic acids is 1. The van der Waals surface area contributed by atoms with Crippen LogP contribution in [0, 0.1) is 0 Å². The molecule has 5 nitrogen and oxygen atoms in total. The Kier molecular flexibility index (Phi) is 5.41. The molecule has 3 aromatic rings. The van der Waals surface area contributed by atoms with Crippen molar-refractivity contribution in [2.45, 2.75) is 12.1 Å². The van der Waals surface area contributed by atoms with Crippen molar-refractivity contribution >= 4 is 35.3 Å². The molecule has 0 radical (unpaired) electrons. The van der Waals surface area contributed by atoms with Crippen molar-refractivity contribution in [2.75, 3.05) is 7.11 Å². The van der Waals surface area contributed by atoms with Crippen LogP contribution in [0.4, 0.5) is 4.79 Å². The van der Waals surface area contributed by atoms with Crippen LogP contribution in [0.2, 0.25) is 10.0 Å². The van der Waals surface area contributed by atoms with Crippen molar-refractivity contribution < 1.29 is 19.4 Å². The van der Waals surface area contributed by atoms with Crippen LogP contribution in [0.3, 0.4) is 0 Å². The summed E-state index contributed by atoms with van der Waals surface area (Å²) in [6.07, 6.45) is -0.759. The number of benzene rings is 3. The Morgan fingerprint density at radius 1 is 0.933 bits per heavy atom. The highest BCUT2D eigenvalue weighted by Crippen LogP contribution is 2.49. The number of rotatable bonds is 4. The molecule has 4 rings (SSSR count). The van der Waals surface area contributed by atoms with Crippen LogP contribution in [0.25, 0.3) is 11.1 Å². The van der Waals surface area contributed by atoms with E-state index in [2.05, 4.69) is 0 Å². The number of nitrogens with zero attached hydrogens (tertiary/aromatic N) is 1. The molecule has 3 aromatic carbocycles. The summed E-state index contributed by atoms with van der Waals surface area (Å²) < 4.78 is 5.03. The lowest BCUT2D eigenvalue weighted by Gasteiger charge is -2.34. The van der Waals surface area contributed by atoms with E-state index in [0.29, 0.717) is 10.6 Å². The van der Waals surface area contributed by atoms with Gasteiger partial charge in [0.1, 0.15) is 0 Å². The van der Waals surface area contributed by atoms with Gasteiger partial charge in [-0.2, -0.15) is 0 Å². The molecule has 152 valence electrons. The van der Waals surface area contributed by atoms with E-state index in [9.17, 15) is 14.7 Å². The van der Waals surface area contributed by atoms with E-state index in [0.717, 1.165) is 22.3 Å². The second-order valence-corrected chi connectivity index (χ2v) is 7.68. The fourth-order valence-electron chi connectivity index (χ4n) is 4.00. The van der Waals surface area contributed by atoms with Crippen LogP contribution < -0.4 is 0 Å². The molecule has 0 unspecified atom stereocenters. The monoisotopic (exact) mass is 441 g/mol. The summed E-state index contributed by atoms with van der Waals surface area (Å²) >= 11 is 12.2. The normalized spacial score (nSPS) is 13.3. The standard InChI is InChI=1S/C23H17Cl2NO4/c1-30-23(29)26(20(22(27)28)13-10-11-18(24)19(25)12-13)21-16-8-4-2-6-14(16)15-7-3-5-9-17(15)21/h2-12,20-21H,1H3,(H,27,28)/t20-/m1/s1. The maximum Gasteiger partial charge on any atom is 0.411 e. The Labute approximate surface area is 183 Å². The fraction of sp³-hybridized carbons (Fsp3) is 0.130. The van der Waals surface area contributed by atoms with E-state index in [1.165, 1.54) is 24.1 Å². The number of hydrogen-bond acceptors (Lipinski definition) is 3. The van der Waals surface area contributed by atoms with Crippen molar-refractivity contribution in [1.82, 2.24) is 4.90 Å². The molecule has 1 amide bonds. The number of methoxy groups -OCH3 is 1. The Bertz CT molecular complexity index is 1100. The van der Waals surface area contributed by atoms with Gasteiger partial charge in [-0.05, 0) is 39.9 Å². The van der Waals surface area contributed by atoms with Gasteiger partial charge in [0.2, 0.25) is 0 Å². The Morgan fingerprint density at radius 2 is 1.50 bits per heavy atom. The number of halogens is 2. The zero-order chi connectivity index (χ0) is 21.4. The quantitative estimate of drug-likeness (QED) is 0.542. The molecule has 1 aliphatic rings. The van der Waals surface area contributed by atoms with Gasteiger partial charge in [-0.25, -0.2) is 9.59 Å². The third-order valence-corrected chi connectivity index (χ3v) is 5.98. The topological polar surface area (TPSA) is 66.8 Å². The van der Waals surface area contributed by atoms with E-state index >= 15 is 0 Å². The van der Waals surface area contributed by atoms with E-state index in [4.69, 9.17) is 27.9 Å². The molecule has 0 bridgehead atoms. The number of carboxylic acids is 1. The van der Waals surface area contributed by atoms with Gasteiger partial charge < -0.3 is 9.84 Å². The number of amides is 1. The minimum absolute atomic E-state index is 0.206. The summed E-state index contributed by atoms with van der Waals surface area (Å²) in [5.41, 5.74) is 3.88. The average Bonchev–Trinajstić information content (AvgIpc) is 3.07. The molecule has 30 heavy (non-hydrogen) atoms. The summed E-state index contributed by atoms with van der Waals surface area (Å²) in [5, 5.41) is 10.6. The second-order valence-electron chi connectivity index (χ2n) is 6.87. The van der Waals surface area contributed by atoms with E-state index in [1.807, 2.05) is 48.5 Å². The molecular weight excluding hydrogens is 425 g/mol. The number of carboxylic acid groups (broad SMARTS) is 1. The van der Waals surface area contributed by atoms with Crippen LogP contribution >= 0.6 is 23.2 Å². The van der Waals surface area contributed by atoms with Gasteiger partial charge in [0.25, 0.3) is 0 Å². The first kappa shape index (κ1) is 20.3. The summed E-state index contributed by atoms with van der Waals surface area (Å²) in [6.45, 7) is 0. The lowest BCUT2D eigenvalue weighted by Crippen LogP contribution is -2.41. The van der Waals surface area contributed by atoms with E-state index in [-0.39, 0.29) is 5.02 Å². The number of carbonyl (C=O) groups is 2. The van der Waals surface area contributed by atoms with Crippen molar-refractivity contribution in [3.8, 4) is 11.1 Å². The summed E-state index contributed by atoms with van der Waals surface area (Å²) in [6, 6.07) is 17.8. The molecule has 0 fully saturated rings. The van der Waals surface area contributed by atoms with Crippen LogP contribution in [-0.2, 0) is 9.53 Å². The summed E-state index contributed by atoms with van der Waals surface area (Å²) in [5.74, 6) is -1.21. The fourth-order valence-corrected chi connectivity index (χ4v) is 4.31. The van der Waals surface area contributed by atoms with Crippen LogP contribution in [0.5, 0.6) is 0 Å². The Morgan fingerprint density at radius 3 is 2.00 bits per heavy atom. The lowest BCUT2D eigenvalue weighted by molar-refractivity contribution is -0.143. The number of ether oxygens (including phenoxy) is 1. The predicted molar refractivity (Wildman–Crippen MR) is 115 cm³/mol. The molecule has 1 atom stereocenters. The lowest BCUT2D eigenvalue weighted by atomic mass is 9.98. The third-order valence-electron chi connectivity index (χ3n) is 5.24.